The molecule has 2 aliphatic carbocycles. The van der Waals surface area contributed by atoms with E-state index in [9.17, 15) is 39.9 Å². The Morgan fingerprint density at radius 2 is 1.45 bits per heavy atom. The number of fused-ring (bicyclic) bond motifs is 1. The van der Waals surface area contributed by atoms with E-state index < -0.39 is 46.7 Å². The molecule has 2 nitrogen and oxygen atoms in total. The van der Waals surface area contributed by atoms with Gasteiger partial charge in [0.2, 0.25) is 11.5 Å². The lowest BCUT2D eigenvalue weighted by molar-refractivity contribution is -0.342. The van der Waals surface area contributed by atoms with Crippen LogP contribution in [0.3, 0.4) is 0 Å². The van der Waals surface area contributed by atoms with Crippen LogP contribution >= 0.6 is 0 Å². The molecule has 0 spiro atoms. The van der Waals surface area contributed by atoms with E-state index in [2.05, 4.69) is 0 Å². The SMILES string of the molecule is NC1=CC=C2C(=O)C(F)(F)C(F)(F)C(F)(F)C2(F)C1F. The molecule has 0 heterocycles. The van der Waals surface area contributed by atoms with Crippen LogP contribution in [0.5, 0.6) is 0 Å². The molecule has 2 atom stereocenters. The Kier molecular flexibility index (Phi) is 2.61. The van der Waals surface area contributed by atoms with Gasteiger partial charge >= 0.3 is 17.8 Å². The monoisotopic (exact) mass is 307 g/mol. The molecule has 2 N–H and O–H groups in total. The maximum atomic E-state index is 14.2. The van der Waals surface area contributed by atoms with E-state index in [-0.39, 0.29) is 6.08 Å². The van der Waals surface area contributed by atoms with Gasteiger partial charge in [0.1, 0.15) is 0 Å². The van der Waals surface area contributed by atoms with Gasteiger partial charge in [-0.25, -0.2) is 8.78 Å². The van der Waals surface area contributed by atoms with Crippen molar-refractivity contribution in [1.82, 2.24) is 0 Å². The molecule has 2 unspecified atom stereocenters. The van der Waals surface area contributed by atoms with Crippen LogP contribution in [0.2, 0.25) is 0 Å². The van der Waals surface area contributed by atoms with Gasteiger partial charge in [-0.2, -0.15) is 26.3 Å². The summed E-state index contributed by atoms with van der Waals surface area (Å²) in [5.74, 6) is -21.3. The second-order valence-electron chi connectivity index (χ2n) is 4.37. The Balaban J connectivity index is 2.81. The third-order valence-corrected chi connectivity index (χ3v) is 3.25. The molecular weight excluding hydrogens is 302 g/mol. The zero-order valence-electron chi connectivity index (χ0n) is 9.24. The van der Waals surface area contributed by atoms with E-state index in [0.717, 1.165) is 0 Å². The summed E-state index contributed by atoms with van der Waals surface area (Å²) < 4.78 is 107. The van der Waals surface area contributed by atoms with E-state index in [0.29, 0.717) is 6.08 Å². The molecule has 0 radical (unpaired) electrons. The highest BCUT2D eigenvalue weighted by molar-refractivity contribution is 6.05. The van der Waals surface area contributed by atoms with E-state index >= 15 is 0 Å². The van der Waals surface area contributed by atoms with Crippen LogP contribution in [0, 0.1) is 0 Å². The minimum atomic E-state index is -6.40. The van der Waals surface area contributed by atoms with Crippen molar-refractivity contribution in [2.75, 3.05) is 0 Å². The number of rotatable bonds is 0. The second-order valence-corrected chi connectivity index (χ2v) is 4.37. The van der Waals surface area contributed by atoms with Crippen LogP contribution in [-0.2, 0) is 4.79 Å². The fourth-order valence-electron chi connectivity index (χ4n) is 2.06. The van der Waals surface area contributed by atoms with E-state index in [4.69, 9.17) is 5.73 Å². The number of carbonyl (C=O) groups excluding carboxylic acids is 1. The summed E-state index contributed by atoms with van der Waals surface area (Å²) in [7, 11) is 0. The second kappa shape index (κ2) is 3.53. The fraction of sp³-hybridized carbons (Fsp3) is 0.500. The standard InChI is InChI=1S/C10H5F8NO/c11-5-4(19)2-1-3-6(20)8(13,14)10(17,18)9(15,16)7(3,5)12/h1-2,5H,19H2. The van der Waals surface area contributed by atoms with Crippen LogP contribution in [0.4, 0.5) is 35.1 Å². The first-order valence-electron chi connectivity index (χ1n) is 5.02. The van der Waals surface area contributed by atoms with Crippen LogP contribution in [0.1, 0.15) is 0 Å². The van der Waals surface area contributed by atoms with Gasteiger partial charge in [0.15, 0.2) is 6.17 Å². The summed E-state index contributed by atoms with van der Waals surface area (Å²) in [5, 5.41) is 0. The average molecular weight is 307 g/mol. The first-order valence-corrected chi connectivity index (χ1v) is 5.02. The van der Waals surface area contributed by atoms with Crippen molar-refractivity contribution in [3.8, 4) is 0 Å². The number of halogens is 8. The summed E-state index contributed by atoms with van der Waals surface area (Å²) >= 11 is 0. The highest BCUT2D eigenvalue weighted by Gasteiger charge is 2.89. The largest absolute Gasteiger partial charge is 0.400 e. The molecule has 0 amide bonds. The molecule has 0 aliphatic heterocycles. The Labute approximate surface area is 105 Å². The van der Waals surface area contributed by atoms with E-state index in [1.54, 1.807) is 0 Å². The topological polar surface area (TPSA) is 43.1 Å². The van der Waals surface area contributed by atoms with Crippen molar-refractivity contribution >= 4 is 5.78 Å². The van der Waals surface area contributed by atoms with Gasteiger partial charge in [-0.3, -0.25) is 4.79 Å². The Morgan fingerprint density at radius 1 is 0.950 bits per heavy atom. The van der Waals surface area contributed by atoms with Crippen LogP contribution < -0.4 is 5.73 Å². The van der Waals surface area contributed by atoms with Crippen molar-refractivity contribution in [2.45, 2.75) is 29.6 Å². The van der Waals surface area contributed by atoms with Gasteiger partial charge in [0.05, 0.1) is 0 Å². The first kappa shape index (κ1) is 14.8. The van der Waals surface area contributed by atoms with Gasteiger partial charge in [-0.05, 0) is 12.2 Å². The normalized spacial score (nSPS) is 37.8. The number of ketones is 1. The molecule has 2 rings (SSSR count). The third kappa shape index (κ3) is 1.22. The molecule has 10 heteroatoms. The smallest absolute Gasteiger partial charge is 0.383 e. The van der Waals surface area contributed by atoms with Crippen LogP contribution in [0.25, 0.3) is 0 Å². The number of alkyl halides is 8. The summed E-state index contributed by atoms with van der Waals surface area (Å²) in [5.41, 5.74) is -3.42. The third-order valence-electron chi connectivity index (χ3n) is 3.25. The van der Waals surface area contributed by atoms with Gasteiger partial charge in [-0.1, -0.05) is 0 Å². The van der Waals surface area contributed by atoms with Gasteiger partial charge in [0.25, 0.3) is 0 Å². The summed E-state index contributed by atoms with van der Waals surface area (Å²) in [6, 6.07) is 0. The lowest BCUT2D eigenvalue weighted by atomic mass is 9.68. The quantitative estimate of drug-likeness (QED) is 0.698. The molecule has 0 aromatic carbocycles. The van der Waals surface area contributed by atoms with Crippen molar-refractivity contribution in [1.29, 1.82) is 0 Å². The number of nitrogens with two attached hydrogens (primary N) is 1. The summed E-state index contributed by atoms with van der Waals surface area (Å²) in [4.78, 5) is 11.1. The number of carbonyl (C=O) groups is 1. The van der Waals surface area contributed by atoms with E-state index in [1.165, 1.54) is 0 Å². The number of hydrogen-bond donors (Lipinski definition) is 1. The van der Waals surface area contributed by atoms with Crippen molar-refractivity contribution < 1.29 is 39.9 Å². The molecule has 2 aliphatic rings. The molecule has 0 aromatic heterocycles. The lowest BCUT2D eigenvalue weighted by Gasteiger charge is -2.47. The van der Waals surface area contributed by atoms with Crippen LogP contribution in [-0.4, -0.2) is 35.4 Å². The molecule has 0 saturated heterocycles. The molecule has 0 bridgehead atoms. The molecule has 1 saturated carbocycles. The fourth-order valence-corrected chi connectivity index (χ4v) is 2.06. The predicted octanol–water partition coefficient (Wildman–Crippen LogP) is 2.30. The highest BCUT2D eigenvalue weighted by atomic mass is 19.3. The molecule has 20 heavy (non-hydrogen) atoms. The maximum absolute atomic E-state index is 14.2. The molecular formula is C10H5F8NO. The van der Waals surface area contributed by atoms with Crippen molar-refractivity contribution in [2.24, 2.45) is 5.73 Å². The average Bonchev–Trinajstić information content (AvgIpc) is 2.33. The van der Waals surface area contributed by atoms with Gasteiger partial charge < -0.3 is 5.73 Å². The Bertz CT molecular complexity index is 551. The zero-order chi connectivity index (χ0) is 15.7. The van der Waals surface area contributed by atoms with Crippen molar-refractivity contribution in [3.05, 3.63) is 23.4 Å². The predicted molar refractivity (Wildman–Crippen MR) is 48.9 cm³/mol. The minimum Gasteiger partial charge on any atom is -0.400 e. The Hall–Kier alpha value is -1.61. The minimum absolute atomic E-state index is 0.0603. The molecule has 1 fully saturated rings. The van der Waals surface area contributed by atoms with Crippen LogP contribution in [0.15, 0.2) is 23.4 Å². The number of Topliss-reactive ketones (excluding diaryl/α,β-unsaturated/α-hetero) is 1. The Morgan fingerprint density at radius 3 is 1.95 bits per heavy atom. The zero-order valence-corrected chi connectivity index (χ0v) is 9.24. The van der Waals surface area contributed by atoms with Gasteiger partial charge in [0, 0.05) is 11.3 Å². The maximum Gasteiger partial charge on any atom is 0.383 e. The van der Waals surface area contributed by atoms with E-state index in [1.807, 2.05) is 0 Å². The summed E-state index contributed by atoms with van der Waals surface area (Å²) in [6.07, 6.45) is -3.10. The van der Waals surface area contributed by atoms with Gasteiger partial charge in [-0.15, -0.1) is 0 Å². The molecule has 0 aromatic rings. The lowest BCUT2D eigenvalue weighted by Crippen LogP contribution is -2.75. The summed E-state index contributed by atoms with van der Waals surface area (Å²) in [6.45, 7) is 0. The molecule has 112 valence electrons. The first-order chi connectivity index (χ1) is 8.83. The number of allylic oxidation sites excluding steroid dienone is 4. The van der Waals surface area contributed by atoms with Crippen molar-refractivity contribution in [3.63, 3.8) is 0 Å². The number of hydrogen-bond acceptors (Lipinski definition) is 2. The highest BCUT2D eigenvalue weighted by Crippen LogP contribution is 2.62.